The second-order valence-electron chi connectivity index (χ2n) is 4.90. The minimum absolute atomic E-state index is 0.0486. The van der Waals surface area contributed by atoms with E-state index in [-0.39, 0.29) is 12.3 Å². The van der Waals surface area contributed by atoms with Gasteiger partial charge in [-0.3, -0.25) is 9.13 Å². The Balaban J connectivity index is 0. The normalized spacial score (nSPS) is 11.9. The monoisotopic (exact) mass is 332 g/mol. The molecule has 0 spiro atoms. The summed E-state index contributed by atoms with van der Waals surface area (Å²) in [7, 11) is -7.41. The van der Waals surface area contributed by atoms with E-state index in [0.29, 0.717) is 12.8 Å². The molecule has 4 N–H and O–H groups in total. The van der Waals surface area contributed by atoms with Gasteiger partial charge in [0.15, 0.2) is 0 Å². The van der Waals surface area contributed by atoms with E-state index in [1.807, 2.05) is 0 Å². The molecule has 0 radical (unpaired) electrons. The van der Waals surface area contributed by atoms with Crippen LogP contribution in [0.5, 0.6) is 0 Å². The molecule has 0 aromatic heterocycles. The fraction of sp³-hybridized carbons (Fsp3) is 1.00. The third-order valence-corrected chi connectivity index (χ3v) is 4.40. The molecular formula is C12H30O6P2. The lowest BCUT2D eigenvalue weighted by molar-refractivity contribution is 0.368. The summed E-state index contributed by atoms with van der Waals surface area (Å²) in [5.41, 5.74) is 0. The van der Waals surface area contributed by atoms with Crippen molar-refractivity contribution in [3.63, 3.8) is 0 Å². The minimum Gasteiger partial charge on any atom is -0.324 e. The van der Waals surface area contributed by atoms with Crippen LogP contribution in [-0.4, -0.2) is 31.9 Å². The van der Waals surface area contributed by atoms with Crippen LogP contribution >= 0.6 is 15.2 Å². The summed E-state index contributed by atoms with van der Waals surface area (Å²) >= 11 is 0. The van der Waals surface area contributed by atoms with Crippen LogP contribution in [0, 0.1) is 0 Å². The number of rotatable bonds is 10. The van der Waals surface area contributed by atoms with E-state index in [2.05, 4.69) is 13.8 Å². The first kappa shape index (κ1) is 22.6. The first-order valence-electron chi connectivity index (χ1n) is 7.21. The van der Waals surface area contributed by atoms with E-state index >= 15 is 0 Å². The first-order chi connectivity index (χ1) is 9.12. The molecule has 0 heterocycles. The van der Waals surface area contributed by atoms with Gasteiger partial charge in [-0.15, -0.1) is 0 Å². The second kappa shape index (κ2) is 13.0. The summed E-state index contributed by atoms with van der Waals surface area (Å²) in [4.78, 5) is 33.7. The highest BCUT2D eigenvalue weighted by Gasteiger charge is 2.11. The quantitative estimate of drug-likeness (QED) is 0.359. The van der Waals surface area contributed by atoms with Crippen LogP contribution in [0.15, 0.2) is 0 Å². The van der Waals surface area contributed by atoms with Crippen molar-refractivity contribution in [2.45, 2.75) is 65.2 Å². The molecule has 0 amide bonds. The lowest BCUT2D eigenvalue weighted by atomic mass is 10.2. The zero-order valence-corrected chi connectivity index (χ0v) is 14.4. The van der Waals surface area contributed by atoms with Crippen molar-refractivity contribution >= 4 is 15.2 Å². The molecule has 6 nitrogen and oxygen atoms in total. The van der Waals surface area contributed by atoms with Gasteiger partial charge in [-0.25, -0.2) is 0 Å². The molecule has 8 heteroatoms. The lowest BCUT2D eigenvalue weighted by Gasteiger charge is -2.01. The topological polar surface area (TPSA) is 115 Å². The maximum Gasteiger partial charge on any atom is 0.325 e. The predicted octanol–water partition coefficient (Wildman–Crippen LogP) is 3.49. The summed E-state index contributed by atoms with van der Waals surface area (Å²) in [6, 6.07) is 0. The Hall–Kier alpha value is 0.300. The van der Waals surface area contributed by atoms with Crippen molar-refractivity contribution in [3.05, 3.63) is 0 Å². The molecular weight excluding hydrogens is 302 g/mol. The Morgan fingerprint density at radius 1 is 0.600 bits per heavy atom. The lowest BCUT2D eigenvalue weighted by Crippen LogP contribution is -1.87. The fourth-order valence-electron chi connectivity index (χ4n) is 1.49. The molecule has 0 aromatic carbocycles. The number of hydrogen-bond donors (Lipinski definition) is 4. The van der Waals surface area contributed by atoms with Crippen LogP contribution in [0.4, 0.5) is 0 Å². The standard InChI is InChI=1S/2C6H15O3P/c2*1-2-3-4-5-6-10(7,8)9/h2*2-6H2,1H3,(H2,7,8,9). The molecule has 0 saturated carbocycles. The van der Waals surface area contributed by atoms with Gasteiger partial charge in [0.1, 0.15) is 0 Å². The van der Waals surface area contributed by atoms with Gasteiger partial charge >= 0.3 is 15.2 Å². The smallest absolute Gasteiger partial charge is 0.324 e. The SMILES string of the molecule is CCCCCCP(=O)(O)O.CCCCCCP(=O)(O)O. The maximum absolute atomic E-state index is 10.3. The molecule has 0 unspecified atom stereocenters. The van der Waals surface area contributed by atoms with Gasteiger partial charge in [-0.05, 0) is 12.8 Å². The zero-order valence-electron chi connectivity index (χ0n) is 12.6. The summed E-state index contributed by atoms with van der Waals surface area (Å²) < 4.78 is 20.6. The Morgan fingerprint density at radius 3 is 1.10 bits per heavy atom. The molecule has 0 saturated heterocycles. The van der Waals surface area contributed by atoms with Gasteiger partial charge in [-0.1, -0.05) is 52.4 Å². The molecule has 0 bridgehead atoms. The Morgan fingerprint density at radius 2 is 0.900 bits per heavy atom. The van der Waals surface area contributed by atoms with Gasteiger partial charge in [0.2, 0.25) is 0 Å². The molecule has 0 aromatic rings. The number of hydrogen-bond acceptors (Lipinski definition) is 2. The van der Waals surface area contributed by atoms with E-state index in [9.17, 15) is 9.13 Å². The van der Waals surface area contributed by atoms with E-state index in [1.54, 1.807) is 0 Å². The van der Waals surface area contributed by atoms with Crippen molar-refractivity contribution in [1.82, 2.24) is 0 Å². The average molecular weight is 332 g/mol. The largest absolute Gasteiger partial charge is 0.325 e. The molecule has 0 aliphatic rings. The van der Waals surface area contributed by atoms with E-state index in [4.69, 9.17) is 19.6 Å². The fourth-order valence-corrected chi connectivity index (χ4v) is 2.76. The summed E-state index contributed by atoms with van der Waals surface area (Å²) in [5.74, 6) is 0. The first-order valence-corrected chi connectivity index (χ1v) is 10.8. The number of unbranched alkanes of at least 4 members (excludes halogenated alkanes) is 6. The highest BCUT2D eigenvalue weighted by Crippen LogP contribution is 2.36. The van der Waals surface area contributed by atoms with Gasteiger partial charge in [0, 0.05) is 12.3 Å². The average Bonchev–Trinajstić information content (AvgIpc) is 2.29. The summed E-state index contributed by atoms with van der Waals surface area (Å²) in [5, 5.41) is 0. The summed E-state index contributed by atoms with van der Waals surface area (Å²) in [6.07, 6.45) is 7.60. The third kappa shape index (κ3) is 26.8. The Labute approximate surface area is 122 Å². The van der Waals surface area contributed by atoms with E-state index < -0.39 is 15.2 Å². The van der Waals surface area contributed by atoms with Crippen molar-refractivity contribution in [2.24, 2.45) is 0 Å². The van der Waals surface area contributed by atoms with Gasteiger partial charge in [-0.2, -0.15) is 0 Å². The molecule has 20 heavy (non-hydrogen) atoms. The minimum atomic E-state index is -3.71. The highest BCUT2D eigenvalue weighted by molar-refractivity contribution is 7.52. The van der Waals surface area contributed by atoms with Crippen molar-refractivity contribution < 1.29 is 28.7 Å². The Bertz CT molecular complexity index is 266. The molecule has 0 rings (SSSR count). The maximum atomic E-state index is 10.3. The molecule has 0 atom stereocenters. The van der Waals surface area contributed by atoms with Crippen molar-refractivity contribution in [3.8, 4) is 0 Å². The van der Waals surface area contributed by atoms with Gasteiger partial charge in [0.05, 0.1) is 0 Å². The molecule has 0 aliphatic carbocycles. The van der Waals surface area contributed by atoms with Crippen LogP contribution < -0.4 is 0 Å². The van der Waals surface area contributed by atoms with Gasteiger partial charge < -0.3 is 19.6 Å². The van der Waals surface area contributed by atoms with Crippen molar-refractivity contribution in [2.75, 3.05) is 12.3 Å². The van der Waals surface area contributed by atoms with E-state index in [1.165, 1.54) is 0 Å². The zero-order chi connectivity index (χ0) is 16.1. The molecule has 0 fully saturated rings. The van der Waals surface area contributed by atoms with E-state index in [0.717, 1.165) is 38.5 Å². The van der Waals surface area contributed by atoms with Crippen LogP contribution in [0.1, 0.15) is 65.2 Å². The molecule has 124 valence electrons. The van der Waals surface area contributed by atoms with Crippen molar-refractivity contribution in [1.29, 1.82) is 0 Å². The second-order valence-corrected chi connectivity index (χ2v) is 8.45. The van der Waals surface area contributed by atoms with Crippen LogP contribution in [0.3, 0.4) is 0 Å². The van der Waals surface area contributed by atoms with Crippen LogP contribution in [-0.2, 0) is 9.13 Å². The van der Waals surface area contributed by atoms with Gasteiger partial charge in [0.25, 0.3) is 0 Å². The summed E-state index contributed by atoms with van der Waals surface area (Å²) in [6.45, 7) is 4.13. The predicted molar refractivity (Wildman–Crippen MR) is 82.1 cm³/mol. The van der Waals surface area contributed by atoms with Crippen LogP contribution in [0.25, 0.3) is 0 Å². The van der Waals surface area contributed by atoms with Crippen LogP contribution in [0.2, 0.25) is 0 Å². The third-order valence-electron chi connectivity index (χ3n) is 2.61. The Kier molecular flexibility index (Phi) is 14.7. The highest BCUT2D eigenvalue weighted by atomic mass is 31.2. The molecule has 0 aliphatic heterocycles.